The van der Waals surface area contributed by atoms with Crippen LogP contribution in [0.3, 0.4) is 0 Å². The highest BCUT2D eigenvalue weighted by molar-refractivity contribution is 5.36. The minimum absolute atomic E-state index is 0.461. The molecule has 74 valence electrons. The van der Waals surface area contributed by atoms with E-state index >= 15 is 0 Å². The maximum Gasteiger partial charge on any atom is 0.110 e. The second-order valence-electron chi connectivity index (χ2n) is 3.35. The summed E-state index contributed by atoms with van der Waals surface area (Å²) in [6.07, 6.45) is 4.16. The van der Waals surface area contributed by atoms with Crippen LogP contribution in [0.1, 0.15) is 11.4 Å². The van der Waals surface area contributed by atoms with Gasteiger partial charge in [-0.1, -0.05) is 12.1 Å². The Morgan fingerprint density at radius 1 is 1.33 bits per heavy atom. The van der Waals surface area contributed by atoms with Gasteiger partial charge in [0.2, 0.25) is 0 Å². The minimum atomic E-state index is 0.461. The molecule has 0 N–H and O–H groups in total. The number of imidazole rings is 1. The zero-order chi connectivity index (χ0) is 10.7. The quantitative estimate of drug-likeness (QED) is 0.740. The highest BCUT2D eigenvalue weighted by Crippen LogP contribution is 2.11. The van der Waals surface area contributed by atoms with Crippen LogP contribution in [0.4, 0.5) is 0 Å². The van der Waals surface area contributed by atoms with Gasteiger partial charge in [-0.05, 0) is 24.6 Å². The van der Waals surface area contributed by atoms with Crippen LogP contribution < -0.4 is 0 Å². The second kappa shape index (κ2) is 3.97. The molecule has 0 atom stereocenters. The predicted molar refractivity (Wildman–Crippen MR) is 57.6 cm³/mol. The van der Waals surface area contributed by atoms with Crippen molar-refractivity contribution < 1.29 is 0 Å². The monoisotopic (exact) mass is 197 g/mol. The van der Waals surface area contributed by atoms with Crippen molar-refractivity contribution in [2.75, 3.05) is 0 Å². The Labute approximate surface area is 88.6 Å². The summed E-state index contributed by atoms with van der Waals surface area (Å²) < 4.78 is 2.01. The van der Waals surface area contributed by atoms with Crippen molar-refractivity contribution in [2.45, 2.75) is 13.3 Å². The first-order valence-electron chi connectivity index (χ1n) is 4.77. The molecule has 3 heteroatoms. The summed E-state index contributed by atoms with van der Waals surface area (Å²) in [5, 5.41) is 8.55. The van der Waals surface area contributed by atoms with Crippen LogP contribution >= 0.6 is 0 Å². The summed E-state index contributed by atoms with van der Waals surface area (Å²) in [6.45, 7) is 1.96. The normalized spacial score (nSPS) is 9.87. The van der Waals surface area contributed by atoms with E-state index in [1.807, 2.05) is 42.0 Å². The van der Waals surface area contributed by atoms with Gasteiger partial charge in [0.1, 0.15) is 5.82 Å². The summed E-state index contributed by atoms with van der Waals surface area (Å²) >= 11 is 0. The predicted octanol–water partition coefficient (Wildman–Crippen LogP) is 2.25. The number of nitrogens with zero attached hydrogens (tertiary/aromatic N) is 3. The zero-order valence-electron chi connectivity index (χ0n) is 8.51. The Kier molecular flexibility index (Phi) is 2.51. The van der Waals surface area contributed by atoms with Gasteiger partial charge in [0.05, 0.1) is 12.5 Å². The summed E-state index contributed by atoms with van der Waals surface area (Å²) in [6, 6.07) is 10.1. The molecule has 0 unspecified atom stereocenters. The lowest BCUT2D eigenvalue weighted by Crippen LogP contribution is -1.95. The van der Waals surface area contributed by atoms with E-state index in [1.165, 1.54) is 0 Å². The lowest BCUT2D eigenvalue weighted by Gasteiger charge is -2.04. The first-order chi connectivity index (χ1) is 7.31. The molecule has 1 heterocycles. The van der Waals surface area contributed by atoms with Crippen LogP contribution in [-0.2, 0) is 6.42 Å². The molecule has 1 aromatic heterocycles. The maximum absolute atomic E-state index is 8.55. The van der Waals surface area contributed by atoms with Gasteiger partial charge in [-0.2, -0.15) is 5.26 Å². The van der Waals surface area contributed by atoms with Gasteiger partial charge in [0.15, 0.2) is 0 Å². The van der Waals surface area contributed by atoms with Gasteiger partial charge in [0, 0.05) is 18.1 Å². The molecule has 0 fully saturated rings. The first kappa shape index (κ1) is 9.47. The second-order valence-corrected chi connectivity index (χ2v) is 3.35. The molecule has 0 radical (unpaired) electrons. The van der Waals surface area contributed by atoms with E-state index in [9.17, 15) is 0 Å². The molecule has 2 rings (SSSR count). The Hall–Kier alpha value is -2.08. The summed E-state index contributed by atoms with van der Waals surface area (Å²) in [5.74, 6) is 0.961. The Morgan fingerprint density at radius 2 is 2.07 bits per heavy atom. The van der Waals surface area contributed by atoms with Gasteiger partial charge in [-0.3, -0.25) is 0 Å². The highest BCUT2D eigenvalue weighted by atomic mass is 15.1. The molecule has 0 aliphatic carbocycles. The number of hydrogen-bond donors (Lipinski definition) is 0. The standard InChI is InChI=1S/C12H11N3/c1-10-14-8-9-15(10)12-4-2-11(3-5-12)6-7-13/h2-5,8-9H,6H2,1H3. The molecule has 0 saturated carbocycles. The van der Waals surface area contributed by atoms with Gasteiger partial charge < -0.3 is 4.57 Å². The van der Waals surface area contributed by atoms with Crippen LogP contribution in [0.25, 0.3) is 5.69 Å². The molecule has 0 spiro atoms. The molecular weight excluding hydrogens is 186 g/mol. The SMILES string of the molecule is Cc1nccn1-c1ccc(CC#N)cc1. The van der Waals surface area contributed by atoms with Crippen molar-refractivity contribution in [3.8, 4) is 11.8 Å². The third-order valence-electron chi connectivity index (χ3n) is 2.32. The van der Waals surface area contributed by atoms with Crippen molar-refractivity contribution in [1.29, 1.82) is 5.26 Å². The fraction of sp³-hybridized carbons (Fsp3) is 0.167. The molecule has 0 saturated heterocycles. The van der Waals surface area contributed by atoms with Crippen molar-refractivity contribution in [2.24, 2.45) is 0 Å². The van der Waals surface area contributed by atoms with Gasteiger partial charge in [0.25, 0.3) is 0 Å². The Morgan fingerprint density at radius 3 is 2.60 bits per heavy atom. The number of aryl methyl sites for hydroxylation is 1. The summed E-state index contributed by atoms with van der Waals surface area (Å²) in [7, 11) is 0. The van der Waals surface area contributed by atoms with Crippen molar-refractivity contribution in [3.63, 3.8) is 0 Å². The molecule has 2 aromatic rings. The van der Waals surface area contributed by atoms with Crippen LogP contribution in [0, 0.1) is 18.3 Å². The molecular formula is C12H11N3. The third-order valence-corrected chi connectivity index (χ3v) is 2.32. The smallest absolute Gasteiger partial charge is 0.110 e. The Balaban J connectivity index is 2.33. The van der Waals surface area contributed by atoms with Crippen molar-refractivity contribution in [3.05, 3.63) is 48.0 Å². The average molecular weight is 197 g/mol. The Bertz CT molecular complexity index is 488. The number of hydrogen-bond acceptors (Lipinski definition) is 2. The number of aromatic nitrogens is 2. The van der Waals surface area contributed by atoms with Crippen LogP contribution in [0.5, 0.6) is 0 Å². The van der Waals surface area contributed by atoms with Crippen LogP contribution in [0.15, 0.2) is 36.7 Å². The molecule has 3 nitrogen and oxygen atoms in total. The fourth-order valence-corrected chi connectivity index (χ4v) is 1.52. The van der Waals surface area contributed by atoms with E-state index in [2.05, 4.69) is 11.1 Å². The van der Waals surface area contributed by atoms with Crippen molar-refractivity contribution in [1.82, 2.24) is 9.55 Å². The van der Waals surface area contributed by atoms with Gasteiger partial charge in [-0.15, -0.1) is 0 Å². The van der Waals surface area contributed by atoms with Crippen LogP contribution in [-0.4, -0.2) is 9.55 Å². The van der Waals surface area contributed by atoms with Crippen molar-refractivity contribution >= 4 is 0 Å². The fourth-order valence-electron chi connectivity index (χ4n) is 1.52. The average Bonchev–Trinajstić information content (AvgIpc) is 2.66. The maximum atomic E-state index is 8.55. The number of rotatable bonds is 2. The number of benzene rings is 1. The molecule has 0 aliphatic heterocycles. The van der Waals surface area contributed by atoms with Gasteiger partial charge in [-0.25, -0.2) is 4.98 Å². The van der Waals surface area contributed by atoms with E-state index in [4.69, 9.17) is 5.26 Å². The van der Waals surface area contributed by atoms with Gasteiger partial charge >= 0.3 is 0 Å². The number of nitriles is 1. The lowest BCUT2D eigenvalue weighted by molar-refractivity contribution is 0.973. The van der Waals surface area contributed by atoms with E-state index in [0.29, 0.717) is 6.42 Å². The molecule has 0 aliphatic rings. The topological polar surface area (TPSA) is 41.6 Å². The molecule has 1 aromatic carbocycles. The summed E-state index contributed by atoms with van der Waals surface area (Å²) in [4.78, 5) is 4.16. The third kappa shape index (κ3) is 1.89. The largest absolute Gasteiger partial charge is 0.304 e. The first-order valence-corrected chi connectivity index (χ1v) is 4.77. The van der Waals surface area contributed by atoms with E-state index < -0.39 is 0 Å². The zero-order valence-corrected chi connectivity index (χ0v) is 8.51. The van der Waals surface area contributed by atoms with E-state index in [-0.39, 0.29) is 0 Å². The minimum Gasteiger partial charge on any atom is -0.304 e. The van der Waals surface area contributed by atoms with E-state index in [1.54, 1.807) is 6.20 Å². The molecule has 0 bridgehead atoms. The van der Waals surface area contributed by atoms with Crippen LogP contribution in [0.2, 0.25) is 0 Å². The molecule has 15 heavy (non-hydrogen) atoms. The highest BCUT2D eigenvalue weighted by Gasteiger charge is 1.99. The molecule has 0 amide bonds. The summed E-state index contributed by atoms with van der Waals surface area (Å²) in [5.41, 5.74) is 2.12. The van der Waals surface area contributed by atoms with E-state index in [0.717, 1.165) is 17.1 Å². The lowest BCUT2D eigenvalue weighted by atomic mass is 10.1.